The molecule has 5 aromatic rings. The highest BCUT2D eigenvalue weighted by Gasteiger charge is 2.16. The zero-order chi connectivity index (χ0) is 38.6. The average molecular weight is 722 g/mol. The van der Waals surface area contributed by atoms with Gasteiger partial charge in [0, 0.05) is 18.7 Å². The molecular formula is C43H32FN3O7. The number of benzene rings is 5. The standard InChI is InChI=1S/C43H32FN3O7/c1-5-41(48)52-28(3)20-21-51-40-19-12-31(23-38(40)44)42(49)53-35-15-6-29(7-16-35)26-47-39-24-32(8-9-33(39)25-45)43(50)54-36-17-18-37(27(2)22-36)30-10-13-34(46-4)14-11-30/h5-19,22-24,26,28H,1,20-21H2,2-3H3. The molecule has 0 spiro atoms. The van der Waals surface area contributed by atoms with Crippen molar-refractivity contribution in [1.29, 1.82) is 5.26 Å². The molecule has 0 saturated heterocycles. The Morgan fingerprint density at radius 2 is 1.57 bits per heavy atom. The second-order valence-corrected chi connectivity index (χ2v) is 11.8. The molecular weight excluding hydrogens is 689 g/mol. The molecule has 0 amide bonds. The molecule has 5 rings (SSSR count). The molecule has 11 heteroatoms. The summed E-state index contributed by atoms with van der Waals surface area (Å²) in [7, 11) is 0. The summed E-state index contributed by atoms with van der Waals surface area (Å²) in [4.78, 5) is 44.9. The van der Waals surface area contributed by atoms with E-state index in [1.165, 1.54) is 48.7 Å². The van der Waals surface area contributed by atoms with Crippen molar-refractivity contribution in [3.8, 4) is 34.4 Å². The van der Waals surface area contributed by atoms with Gasteiger partial charge in [-0.25, -0.2) is 23.6 Å². The summed E-state index contributed by atoms with van der Waals surface area (Å²) in [5.41, 5.74) is 4.55. The largest absolute Gasteiger partial charge is 0.490 e. The molecule has 0 heterocycles. The lowest BCUT2D eigenvalue weighted by atomic mass is 10.00. The summed E-state index contributed by atoms with van der Waals surface area (Å²) >= 11 is 0. The number of nitriles is 1. The number of rotatable bonds is 13. The molecule has 0 fully saturated rings. The normalized spacial score (nSPS) is 11.1. The van der Waals surface area contributed by atoms with Gasteiger partial charge in [0.25, 0.3) is 0 Å². The van der Waals surface area contributed by atoms with Crippen LogP contribution in [0.3, 0.4) is 0 Å². The minimum absolute atomic E-state index is 0.0303. The number of esters is 3. The van der Waals surface area contributed by atoms with Gasteiger partial charge in [0.1, 0.15) is 23.7 Å². The quantitative estimate of drug-likeness (QED) is 0.0387. The zero-order valence-corrected chi connectivity index (χ0v) is 29.2. The summed E-state index contributed by atoms with van der Waals surface area (Å²) in [6, 6.07) is 29.0. The molecule has 54 heavy (non-hydrogen) atoms. The third kappa shape index (κ3) is 9.90. The van der Waals surface area contributed by atoms with Crippen molar-refractivity contribution < 1.29 is 37.7 Å². The van der Waals surface area contributed by atoms with E-state index in [1.54, 1.807) is 43.3 Å². The van der Waals surface area contributed by atoms with Gasteiger partial charge in [-0.15, -0.1) is 0 Å². The number of aryl methyl sites for hydroxylation is 1. The van der Waals surface area contributed by atoms with Gasteiger partial charge >= 0.3 is 17.9 Å². The van der Waals surface area contributed by atoms with Gasteiger partial charge < -0.3 is 18.9 Å². The monoisotopic (exact) mass is 721 g/mol. The highest BCUT2D eigenvalue weighted by molar-refractivity contribution is 5.93. The summed E-state index contributed by atoms with van der Waals surface area (Å²) in [6.45, 7) is 14.1. The van der Waals surface area contributed by atoms with Crippen molar-refractivity contribution in [2.75, 3.05) is 6.61 Å². The molecule has 0 bridgehead atoms. The first-order valence-corrected chi connectivity index (χ1v) is 16.5. The first-order valence-electron chi connectivity index (χ1n) is 16.5. The predicted octanol–water partition coefficient (Wildman–Crippen LogP) is 9.30. The fourth-order valence-corrected chi connectivity index (χ4v) is 5.08. The van der Waals surface area contributed by atoms with Crippen LogP contribution in [0.5, 0.6) is 17.2 Å². The van der Waals surface area contributed by atoms with Crippen LogP contribution in [0.2, 0.25) is 0 Å². The fraction of sp³-hybridized carbons (Fsp3) is 0.116. The maximum Gasteiger partial charge on any atom is 0.343 e. The van der Waals surface area contributed by atoms with Crippen LogP contribution in [0.4, 0.5) is 15.8 Å². The van der Waals surface area contributed by atoms with Gasteiger partial charge in [-0.3, -0.25) is 4.99 Å². The van der Waals surface area contributed by atoms with Crippen LogP contribution in [0, 0.1) is 30.6 Å². The Morgan fingerprint density at radius 1 is 0.907 bits per heavy atom. The molecule has 0 aromatic heterocycles. The van der Waals surface area contributed by atoms with Crippen molar-refractivity contribution in [1.82, 2.24) is 0 Å². The number of carbonyl (C=O) groups excluding carboxylic acids is 3. The Labute approximate surface area is 311 Å². The van der Waals surface area contributed by atoms with Crippen LogP contribution in [0.25, 0.3) is 16.0 Å². The van der Waals surface area contributed by atoms with Crippen LogP contribution in [-0.2, 0) is 9.53 Å². The van der Waals surface area contributed by atoms with E-state index in [0.29, 0.717) is 23.4 Å². The summed E-state index contributed by atoms with van der Waals surface area (Å²) < 4.78 is 36.1. The molecule has 0 saturated carbocycles. The predicted molar refractivity (Wildman–Crippen MR) is 200 cm³/mol. The SMILES string of the molecule is [C-]#[N+]c1ccc(-c2ccc(OC(=O)c3ccc(C#N)c(N=Cc4ccc(OC(=O)c5ccc(OCCC(C)OC(=O)C=C)c(F)c5)cc4)c3)cc2C)cc1. The van der Waals surface area contributed by atoms with Crippen LogP contribution in [0.15, 0.2) is 121 Å². The Kier molecular flexibility index (Phi) is 12.4. The van der Waals surface area contributed by atoms with Crippen LogP contribution in [-0.4, -0.2) is 36.8 Å². The molecule has 0 aliphatic heterocycles. The second kappa shape index (κ2) is 17.7. The molecule has 5 aromatic carbocycles. The van der Waals surface area contributed by atoms with Crippen molar-refractivity contribution in [3.63, 3.8) is 0 Å². The number of nitrogens with zero attached hydrogens (tertiary/aromatic N) is 3. The Balaban J connectivity index is 1.18. The summed E-state index contributed by atoms with van der Waals surface area (Å²) in [5, 5.41) is 9.65. The maximum atomic E-state index is 14.6. The van der Waals surface area contributed by atoms with E-state index in [1.807, 2.05) is 25.1 Å². The number of hydrogen-bond donors (Lipinski definition) is 0. The van der Waals surface area contributed by atoms with Gasteiger partial charge in [0.2, 0.25) is 0 Å². The van der Waals surface area contributed by atoms with Crippen LogP contribution >= 0.6 is 0 Å². The van der Waals surface area contributed by atoms with E-state index in [-0.39, 0.29) is 40.5 Å². The van der Waals surface area contributed by atoms with E-state index in [2.05, 4.69) is 22.5 Å². The van der Waals surface area contributed by atoms with Gasteiger partial charge in [-0.2, -0.15) is 5.26 Å². The van der Waals surface area contributed by atoms with Crippen molar-refractivity contribution in [2.24, 2.45) is 4.99 Å². The first kappa shape index (κ1) is 37.9. The Bertz CT molecular complexity index is 2320. The third-order valence-corrected chi connectivity index (χ3v) is 7.95. The van der Waals surface area contributed by atoms with Crippen molar-refractivity contribution >= 4 is 35.5 Å². The number of hydrogen-bond acceptors (Lipinski definition) is 9. The smallest absolute Gasteiger partial charge is 0.343 e. The molecule has 0 radical (unpaired) electrons. The molecule has 0 aliphatic carbocycles. The Morgan fingerprint density at radius 3 is 2.22 bits per heavy atom. The minimum atomic E-state index is -0.785. The number of halogens is 1. The zero-order valence-electron chi connectivity index (χ0n) is 29.2. The topological polar surface area (TPSA) is 129 Å². The first-order chi connectivity index (χ1) is 26.1. The summed E-state index contributed by atoms with van der Waals surface area (Å²) in [5.74, 6) is -2.26. The molecule has 10 nitrogen and oxygen atoms in total. The lowest BCUT2D eigenvalue weighted by Crippen LogP contribution is -2.16. The van der Waals surface area contributed by atoms with Gasteiger partial charge in [-0.05, 0) is 109 Å². The number of ether oxygens (including phenoxy) is 4. The van der Waals surface area contributed by atoms with Crippen molar-refractivity contribution in [3.05, 3.63) is 161 Å². The van der Waals surface area contributed by atoms with E-state index < -0.39 is 29.8 Å². The third-order valence-electron chi connectivity index (χ3n) is 7.95. The highest BCUT2D eigenvalue weighted by Crippen LogP contribution is 2.30. The van der Waals surface area contributed by atoms with E-state index in [0.717, 1.165) is 28.8 Å². The molecule has 0 N–H and O–H groups in total. The van der Waals surface area contributed by atoms with Crippen LogP contribution in [0.1, 0.15) is 50.8 Å². The number of aliphatic imine (C=N–C) groups is 1. The molecule has 268 valence electrons. The maximum absolute atomic E-state index is 14.6. The lowest BCUT2D eigenvalue weighted by Gasteiger charge is -2.13. The van der Waals surface area contributed by atoms with Gasteiger partial charge in [0.05, 0.1) is 35.6 Å². The van der Waals surface area contributed by atoms with Gasteiger partial charge in [-0.1, -0.05) is 36.9 Å². The average Bonchev–Trinajstić information content (AvgIpc) is 3.18. The Hall–Kier alpha value is -7.37. The molecule has 0 aliphatic rings. The van der Waals surface area contributed by atoms with Gasteiger partial charge in [0.15, 0.2) is 17.3 Å². The second-order valence-electron chi connectivity index (χ2n) is 11.8. The van der Waals surface area contributed by atoms with Crippen molar-refractivity contribution in [2.45, 2.75) is 26.4 Å². The van der Waals surface area contributed by atoms with E-state index >= 15 is 0 Å². The minimum Gasteiger partial charge on any atom is -0.490 e. The lowest BCUT2D eigenvalue weighted by molar-refractivity contribution is -0.142. The van der Waals surface area contributed by atoms with E-state index in [9.17, 15) is 24.0 Å². The van der Waals surface area contributed by atoms with Crippen LogP contribution < -0.4 is 14.2 Å². The number of carbonyl (C=O) groups is 3. The highest BCUT2D eigenvalue weighted by atomic mass is 19.1. The van der Waals surface area contributed by atoms with E-state index in [4.69, 9.17) is 25.5 Å². The fourth-order valence-electron chi connectivity index (χ4n) is 5.08. The summed E-state index contributed by atoms with van der Waals surface area (Å²) in [6.07, 6.45) is 2.41. The molecule has 1 unspecified atom stereocenters. The molecule has 1 atom stereocenters.